The maximum atomic E-state index is 12.3. The molecule has 0 saturated heterocycles. The number of ether oxygens (including phenoxy) is 2. The summed E-state index contributed by atoms with van der Waals surface area (Å²) >= 11 is 0. The molecule has 1 unspecified atom stereocenters. The van der Waals surface area contributed by atoms with E-state index in [0.717, 1.165) is 70.6 Å². The van der Waals surface area contributed by atoms with Crippen molar-refractivity contribution >= 4 is 11.9 Å². The summed E-state index contributed by atoms with van der Waals surface area (Å²) in [6.45, 7) is 4.06. The maximum absolute atomic E-state index is 12.3. The third kappa shape index (κ3) is 61.9. The minimum absolute atomic E-state index is 0.0633. The molecule has 0 aromatic heterocycles. The lowest BCUT2D eigenvalue weighted by atomic mass is 10.0. The molecule has 1 N–H and O–H groups in total. The van der Waals surface area contributed by atoms with Crippen molar-refractivity contribution in [2.75, 3.05) is 13.2 Å². The lowest BCUT2D eigenvalue weighted by molar-refractivity contribution is -0.161. The quantitative estimate of drug-likeness (QED) is 0.0373. The van der Waals surface area contributed by atoms with E-state index in [1.54, 1.807) is 0 Å². The summed E-state index contributed by atoms with van der Waals surface area (Å²) in [4.78, 5) is 24.6. The summed E-state index contributed by atoms with van der Waals surface area (Å²) in [5, 5.41) is 9.67. The van der Waals surface area contributed by atoms with Crippen LogP contribution in [0.15, 0.2) is 72.9 Å². The topological polar surface area (TPSA) is 72.8 Å². The van der Waals surface area contributed by atoms with Gasteiger partial charge in [-0.25, -0.2) is 0 Å². The predicted molar refractivity (Wildman–Crippen MR) is 325 cm³/mol. The summed E-state index contributed by atoms with van der Waals surface area (Å²) in [7, 11) is 0. The minimum Gasteiger partial charge on any atom is -0.462 e. The Morgan fingerprint density at radius 2 is 0.581 bits per heavy atom. The number of carbonyl (C=O) groups is 2. The van der Waals surface area contributed by atoms with Crippen LogP contribution >= 0.6 is 0 Å². The van der Waals surface area contributed by atoms with Crippen LogP contribution in [0.2, 0.25) is 0 Å². The molecule has 0 fully saturated rings. The van der Waals surface area contributed by atoms with Gasteiger partial charge < -0.3 is 14.6 Å². The van der Waals surface area contributed by atoms with E-state index < -0.39 is 6.10 Å². The predicted octanol–water partition coefficient (Wildman–Crippen LogP) is 22.3. The monoisotopic (exact) mass is 1030 g/mol. The third-order valence-corrected chi connectivity index (χ3v) is 14.5. The third-order valence-electron chi connectivity index (χ3n) is 14.5. The number of rotatable bonds is 60. The summed E-state index contributed by atoms with van der Waals surface area (Å²) in [6.07, 6.45) is 89.2. The maximum Gasteiger partial charge on any atom is 0.306 e. The molecule has 0 radical (unpaired) electrons. The van der Waals surface area contributed by atoms with Gasteiger partial charge in [-0.15, -0.1) is 0 Å². The van der Waals surface area contributed by atoms with Gasteiger partial charge in [-0.05, 0) is 83.5 Å². The Morgan fingerprint density at radius 3 is 0.892 bits per heavy atom. The van der Waals surface area contributed by atoms with Crippen molar-refractivity contribution in [1.29, 1.82) is 0 Å². The van der Waals surface area contributed by atoms with E-state index in [1.165, 1.54) is 238 Å². The summed E-state index contributed by atoms with van der Waals surface area (Å²) in [5.74, 6) is -0.577. The van der Waals surface area contributed by atoms with E-state index in [1.807, 2.05) is 0 Å². The Balaban J connectivity index is 3.40. The van der Waals surface area contributed by atoms with E-state index in [4.69, 9.17) is 9.47 Å². The molecule has 430 valence electrons. The van der Waals surface area contributed by atoms with Crippen molar-refractivity contribution in [3.8, 4) is 0 Å². The number of aliphatic hydroxyl groups is 1. The van der Waals surface area contributed by atoms with Gasteiger partial charge in [-0.2, -0.15) is 0 Å². The highest BCUT2D eigenvalue weighted by Gasteiger charge is 2.16. The first-order valence-corrected chi connectivity index (χ1v) is 32.5. The molecule has 0 saturated carbocycles. The van der Waals surface area contributed by atoms with Crippen LogP contribution in [0.25, 0.3) is 0 Å². The Morgan fingerprint density at radius 1 is 0.324 bits per heavy atom. The average molecular weight is 1030 g/mol. The first-order valence-electron chi connectivity index (χ1n) is 32.5. The van der Waals surface area contributed by atoms with Crippen LogP contribution in [-0.4, -0.2) is 36.4 Å². The zero-order chi connectivity index (χ0) is 53.4. The molecule has 0 aromatic rings. The first-order chi connectivity index (χ1) is 36.6. The number of esters is 2. The first kappa shape index (κ1) is 71.3. The van der Waals surface area contributed by atoms with Crippen LogP contribution in [0, 0.1) is 0 Å². The summed E-state index contributed by atoms with van der Waals surface area (Å²) in [6, 6.07) is 0. The van der Waals surface area contributed by atoms with Gasteiger partial charge in [0, 0.05) is 12.8 Å². The smallest absolute Gasteiger partial charge is 0.306 e. The van der Waals surface area contributed by atoms with E-state index in [2.05, 4.69) is 86.8 Å². The van der Waals surface area contributed by atoms with Gasteiger partial charge >= 0.3 is 11.9 Å². The molecular weight excluding hydrogens is 909 g/mol. The second-order valence-electron chi connectivity index (χ2n) is 21.8. The fourth-order valence-corrected chi connectivity index (χ4v) is 9.64. The number of carbonyl (C=O) groups excluding carboxylic acids is 2. The van der Waals surface area contributed by atoms with Gasteiger partial charge in [0.1, 0.15) is 6.61 Å². The lowest BCUT2D eigenvalue weighted by Crippen LogP contribution is -2.28. The Bertz CT molecular complexity index is 1310. The van der Waals surface area contributed by atoms with Gasteiger partial charge in [-0.1, -0.05) is 311 Å². The van der Waals surface area contributed by atoms with Crippen molar-refractivity contribution in [2.45, 2.75) is 341 Å². The molecule has 0 rings (SSSR count). The number of unbranched alkanes of at least 4 members (excludes halogenated alkanes) is 40. The Hall–Kier alpha value is -2.66. The summed E-state index contributed by atoms with van der Waals surface area (Å²) < 4.78 is 10.7. The number of hydrogen-bond acceptors (Lipinski definition) is 5. The van der Waals surface area contributed by atoms with Crippen molar-refractivity contribution < 1.29 is 24.2 Å². The van der Waals surface area contributed by atoms with E-state index in [9.17, 15) is 14.7 Å². The van der Waals surface area contributed by atoms with Crippen LogP contribution in [0.4, 0.5) is 0 Å². The molecule has 0 spiro atoms. The van der Waals surface area contributed by atoms with Gasteiger partial charge in [0.05, 0.1) is 6.61 Å². The van der Waals surface area contributed by atoms with E-state index >= 15 is 0 Å². The van der Waals surface area contributed by atoms with Crippen LogP contribution < -0.4 is 0 Å². The number of hydrogen-bond donors (Lipinski definition) is 1. The largest absolute Gasteiger partial charge is 0.462 e. The van der Waals surface area contributed by atoms with Crippen molar-refractivity contribution in [2.24, 2.45) is 0 Å². The molecule has 0 aromatic carbocycles. The number of allylic oxidation sites excluding steroid dienone is 12. The molecule has 0 aliphatic rings. The van der Waals surface area contributed by atoms with Crippen molar-refractivity contribution in [1.82, 2.24) is 0 Å². The van der Waals surface area contributed by atoms with Crippen LogP contribution in [-0.2, 0) is 19.1 Å². The van der Waals surface area contributed by atoms with Gasteiger partial charge in [0.25, 0.3) is 0 Å². The van der Waals surface area contributed by atoms with Crippen LogP contribution in [0.1, 0.15) is 335 Å². The molecule has 74 heavy (non-hydrogen) atoms. The number of aliphatic hydroxyl groups excluding tert-OH is 1. The second kappa shape index (κ2) is 64.6. The van der Waals surface area contributed by atoms with Crippen molar-refractivity contribution in [3.63, 3.8) is 0 Å². The van der Waals surface area contributed by atoms with Crippen LogP contribution in [0.5, 0.6) is 0 Å². The molecule has 5 nitrogen and oxygen atoms in total. The molecule has 0 heterocycles. The Labute approximate surface area is 461 Å². The molecule has 0 bridgehead atoms. The van der Waals surface area contributed by atoms with E-state index in [0.29, 0.717) is 12.8 Å². The molecule has 0 aliphatic carbocycles. The molecule has 5 heteroatoms. The Kier molecular flexibility index (Phi) is 62.3. The second-order valence-corrected chi connectivity index (χ2v) is 21.8. The molecule has 0 aliphatic heterocycles. The fraction of sp³-hybridized carbons (Fsp3) is 0.797. The zero-order valence-electron chi connectivity index (χ0n) is 49.4. The van der Waals surface area contributed by atoms with Gasteiger partial charge in [0.15, 0.2) is 6.10 Å². The van der Waals surface area contributed by atoms with Gasteiger partial charge in [0.2, 0.25) is 0 Å². The van der Waals surface area contributed by atoms with Crippen molar-refractivity contribution in [3.05, 3.63) is 72.9 Å². The SMILES string of the molecule is CC/C=C\C/C=C\C/C=C\C/C=C\C/C=C\CCCCCCCCCCCCCCCCCCCCCCCCCCCC(=O)OC(CO)COC(=O)CCCCCCCCCCC/C=C\CCCCCCCC. The zero-order valence-corrected chi connectivity index (χ0v) is 49.4. The molecule has 0 amide bonds. The minimum atomic E-state index is -0.772. The molecule has 1 atom stereocenters. The lowest BCUT2D eigenvalue weighted by Gasteiger charge is -2.15. The standard InChI is InChI=1S/C69H124O5/c1-3-5-7-9-11-13-15-17-19-21-23-24-25-26-27-28-29-30-31-32-33-34-35-36-37-38-39-40-41-42-43-44-46-48-50-52-54-56-58-60-62-64-69(72)74-67(65-70)66-73-68(71)63-61-59-57-55-53-51-49-47-45-22-20-18-16-14-12-10-8-6-4-2/h5,7,11,13,17-20,23-24,26-27,67,70H,3-4,6,8-10,12,14-16,21-22,25,28-66H2,1-2H3/b7-5-,13-11-,19-17-,20-18-,24-23-,27-26-. The normalized spacial score (nSPS) is 12.6. The summed E-state index contributed by atoms with van der Waals surface area (Å²) in [5.41, 5.74) is 0. The fourth-order valence-electron chi connectivity index (χ4n) is 9.64. The highest BCUT2D eigenvalue weighted by molar-refractivity contribution is 5.70. The highest BCUT2D eigenvalue weighted by atomic mass is 16.6. The molecular formula is C69H124O5. The average Bonchev–Trinajstić information content (AvgIpc) is 3.40. The van der Waals surface area contributed by atoms with Gasteiger partial charge in [-0.3, -0.25) is 9.59 Å². The van der Waals surface area contributed by atoms with E-state index in [-0.39, 0.29) is 25.2 Å². The van der Waals surface area contributed by atoms with Crippen LogP contribution in [0.3, 0.4) is 0 Å². The highest BCUT2D eigenvalue weighted by Crippen LogP contribution is 2.18.